The number of hydrogen-bond acceptors (Lipinski definition) is 4. The van der Waals surface area contributed by atoms with Crippen molar-refractivity contribution < 1.29 is 19.4 Å². The minimum absolute atomic E-state index is 0.0204. The number of carbonyl (C=O) groups excluding carboxylic acids is 1. The number of carboxylic acid groups (broad SMARTS) is 1. The molecule has 0 atom stereocenters. The zero-order valence-electron chi connectivity index (χ0n) is 12.7. The Balaban J connectivity index is 2.26. The minimum Gasteiger partial charge on any atom is -0.484 e. The maximum Gasteiger partial charge on any atom is 0.303 e. The highest BCUT2D eigenvalue weighted by Gasteiger charge is 2.31. The normalized spacial score (nSPS) is 16.0. The number of aliphatic carboxylic acids is 1. The number of carboxylic acids is 1. The molecule has 2 rings (SSSR count). The van der Waals surface area contributed by atoms with Crippen LogP contribution in [0.3, 0.4) is 0 Å². The van der Waals surface area contributed by atoms with Gasteiger partial charge in [-0.3, -0.25) is 9.59 Å². The van der Waals surface area contributed by atoms with E-state index in [0.29, 0.717) is 5.56 Å². The lowest BCUT2D eigenvalue weighted by Gasteiger charge is -2.40. The fourth-order valence-electron chi connectivity index (χ4n) is 2.55. The van der Waals surface area contributed by atoms with Crippen molar-refractivity contribution in [1.29, 1.82) is 0 Å². The van der Waals surface area contributed by atoms with Crippen molar-refractivity contribution in [1.82, 2.24) is 0 Å². The SMILES string of the molecule is CCN1CC(C)(C)Oc2ccc(C(=O)CCC(=O)O)cc21. The molecule has 0 aliphatic carbocycles. The first kappa shape index (κ1) is 15.4. The Labute approximate surface area is 124 Å². The first-order chi connectivity index (χ1) is 9.82. The summed E-state index contributed by atoms with van der Waals surface area (Å²) in [6, 6.07) is 5.31. The monoisotopic (exact) mass is 291 g/mol. The molecule has 0 saturated carbocycles. The summed E-state index contributed by atoms with van der Waals surface area (Å²) in [4.78, 5) is 24.8. The molecule has 1 aliphatic heterocycles. The van der Waals surface area contributed by atoms with E-state index in [1.807, 2.05) is 13.8 Å². The summed E-state index contributed by atoms with van der Waals surface area (Å²) in [6.45, 7) is 7.70. The Bertz CT molecular complexity index is 565. The molecule has 0 bridgehead atoms. The Morgan fingerprint density at radius 2 is 2.05 bits per heavy atom. The number of benzene rings is 1. The van der Waals surface area contributed by atoms with Gasteiger partial charge in [-0.15, -0.1) is 0 Å². The average Bonchev–Trinajstić information content (AvgIpc) is 2.42. The number of Topliss-reactive ketones (excluding diaryl/α,β-unsaturated/α-hetero) is 1. The molecule has 1 aromatic carbocycles. The molecule has 114 valence electrons. The van der Waals surface area contributed by atoms with E-state index in [9.17, 15) is 9.59 Å². The molecule has 0 saturated heterocycles. The van der Waals surface area contributed by atoms with Crippen LogP contribution in [-0.4, -0.2) is 35.5 Å². The number of ketones is 1. The standard InChI is InChI=1S/C16H21NO4/c1-4-17-10-16(2,3)21-14-7-5-11(9-12(14)17)13(18)6-8-15(19)20/h5,7,9H,4,6,8,10H2,1-3H3,(H,19,20). The second-order valence-electron chi connectivity index (χ2n) is 5.88. The van der Waals surface area contributed by atoms with Crippen LogP contribution in [0.5, 0.6) is 5.75 Å². The molecule has 0 spiro atoms. The first-order valence-corrected chi connectivity index (χ1v) is 7.15. The number of hydrogen-bond donors (Lipinski definition) is 1. The van der Waals surface area contributed by atoms with E-state index >= 15 is 0 Å². The van der Waals surface area contributed by atoms with E-state index in [1.165, 1.54) is 0 Å². The van der Waals surface area contributed by atoms with Crippen LogP contribution in [0.15, 0.2) is 18.2 Å². The van der Waals surface area contributed by atoms with Gasteiger partial charge in [0.25, 0.3) is 0 Å². The summed E-state index contributed by atoms with van der Waals surface area (Å²) in [5.41, 5.74) is 1.17. The van der Waals surface area contributed by atoms with Crippen molar-refractivity contribution >= 4 is 17.4 Å². The predicted octanol–water partition coefficient (Wildman–Crippen LogP) is 2.73. The zero-order valence-corrected chi connectivity index (χ0v) is 12.7. The molecule has 1 N–H and O–H groups in total. The molecule has 5 nitrogen and oxygen atoms in total. The van der Waals surface area contributed by atoms with Crippen molar-refractivity contribution in [2.75, 3.05) is 18.0 Å². The van der Waals surface area contributed by atoms with Crippen LogP contribution >= 0.6 is 0 Å². The molecule has 0 unspecified atom stereocenters. The molecule has 1 aliphatic rings. The fraction of sp³-hybridized carbons (Fsp3) is 0.500. The number of fused-ring (bicyclic) bond motifs is 1. The summed E-state index contributed by atoms with van der Waals surface area (Å²) < 4.78 is 5.94. The minimum atomic E-state index is -0.957. The number of likely N-dealkylation sites (N-methyl/N-ethyl adjacent to an activating group) is 1. The van der Waals surface area contributed by atoms with Gasteiger partial charge in [-0.1, -0.05) is 0 Å². The fourth-order valence-corrected chi connectivity index (χ4v) is 2.55. The molecular formula is C16H21NO4. The quantitative estimate of drug-likeness (QED) is 0.845. The van der Waals surface area contributed by atoms with E-state index < -0.39 is 5.97 Å². The smallest absolute Gasteiger partial charge is 0.303 e. The van der Waals surface area contributed by atoms with Gasteiger partial charge in [-0.25, -0.2) is 0 Å². The van der Waals surface area contributed by atoms with Crippen LogP contribution in [-0.2, 0) is 4.79 Å². The van der Waals surface area contributed by atoms with Gasteiger partial charge in [0.15, 0.2) is 5.78 Å². The molecule has 0 amide bonds. The summed E-state index contributed by atoms with van der Waals surface area (Å²) in [6.07, 6.45) is -0.121. The second kappa shape index (κ2) is 5.76. The van der Waals surface area contributed by atoms with Crippen molar-refractivity contribution in [3.63, 3.8) is 0 Å². The lowest BCUT2D eigenvalue weighted by Crippen LogP contribution is -2.46. The van der Waals surface area contributed by atoms with E-state index in [0.717, 1.165) is 24.5 Å². The lowest BCUT2D eigenvalue weighted by molar-refractivity contribution is -0.136. The molecule has 0 radical (unpaired) electrons. The summed E-state index contributed by atoms with van der Waals surface area (Å²) in [5.74, 6) is -0.342. The lowest BCUT2D eigenvalue weighted by atomic mass is 10.0. The van der Waals surface area contributed by atoms with Crippen LogP contribution in [0.4, 0.5) is 5.69 Å². The number of carbonyl (C=O) groups is 2. The van der Waals surface area contributed by atoms with Crippen molar-refractivity contribution in [3.05, 3.63) is 23.8 Å². The zero-order chi connectivity index (χ0) is 15.6. The van der Waals surface area contributed by atoms with Gasteiger partial charge < -0.3 is 14.7 Å². The maximum absolute atomic E-state index is 12.0. The molecule has 5 heteroatoms. The third kappa shape index (κ3) is 3.54. The highest BCUT2D eigenvalue weighted by atomic mass is 16.5. The average molecular weight is 291 g/mol. The van der Waals surface area contributed by atoms with Gasteiger partial charge in [-0.2, -0.15) is 0 Å². The van der Waals surface area contributed by atoms with Crippen LogP contribution < -0.4 is 9.64 Å². The number of rotatable bonds is 5. The molecule has 0 fully saturated rings. The van der Waals surface area contributed by atoms with Gasteiger partial charge >= 0.3 is 5.97 Å². The number of anilines is 1. The van der Waals surface area contributed by atoms with Gasteiger partial charge in [0.1, 0.15) is 11.4 Å². The Kier molecular flexibility index (Phi) is 4.21. The highest BCUT2D eigenvalue weighted by molar-refractivity contribution is 5.98. The molecule has 0 aromatic heterocycles. The van der Waals surface area contributed by atoms with Gasteiger partial charge in [0.2, 0.25) is 0 Å². The van der Waals surface area contributed by atoms with Crippen LogP contribution in [0.2, 0.25) is 0 Å². The van der Waals surface area contributed by atoms with Crippen LogP contribution in [0.1, 0.15) is 44.0 Å². The highest BCUT2D eigenvalue weighted by Crippen LogP contribution is 2.37. The van der Waals surface area contributed by atoms with Crippen molar-refractivity contribution in [2.24, 2.45) is 0 Å². The summed E-state index contributed by atoms with van der Waals surface area (Å²) >= 11 is 0. The molecule has 1 aromatic rings. The topological polar surface area (TPSA) is 66.8 Å². The van der Waals surface area contributed by atoms with Gasteiger partial charge in [0, 0.05) is 18.5 Å². The molecular weight excluding hydrogens is 270 g/mol. The Morgan fingerprint density at radius 1 is 1.33 bits per heavy atom. The van der Waals surface area contributed by atoms with E-state index in [4.69, 9.17) is 9.84 Å². The van der Waals surface area contributed by atoms with Gasteiger partial charge in [-0.05, 0) is 39.0 Å². The van der Waals surface area contributed by atoms with Gasteiger partial charge in [0.05, 0.1) is 18.7 Å². The van der Waals surface area contributed by atoms with Crippen LogP contribution in [0, 0.1) is 0 Å². The first-order valence-electron chi connectivity index (χ1n) is 7.15. The number of ether oxygens (including phenoxy) is 1. The molecule has 1 heterocycles. The summed E-state index contributed by atoms with van der Waals surface area (Å²) in [5, 5.41) is 8.66. The number of nitrogens with zero attached hydrogens (tertiary/aromatic N) is 1. The third-order valence-electron chi connectivity index (χ3n) is 3.53. The Hall–Kier alpha value is -2.04. The van der Waals surface area contributed by atoms with Crippen molar-refractivity contribution in [2.45, 2.75) is 39.2 Å². The third-order valence-corrected chi connectivity index (χ3v) is 3.53. The predicted molar refractivity (Wildman–Crippen MR) is 80.2 cm³/mol. The summed E-state index contributed by atoms with van der Waals surface area (Å²) in [7, 11) is 0. The van der Waals surface area contributed by atoms with Crippen molar-refractivity contribution in [3.8, 4) is 5.75 Å². The van der Waals surface area contributed by atoms with E-state index in [-0.39, 0.29) is 24.2 Å². The van der Waals surface area contributed by atoms with E-state index in [2.05, 4.69) is 11.8 Å². The second-order valence-corrected chi connectivity index (χ2v) is 5.88. The molecule has 21 heavy (non-hydrogen) atoms. The Morgan fingerprint density at radius 3 is 2.67 bits per heavy atom. The maximum atomic E-state index is 12.0. The van der Waals surface area contributed by atoms with E-state index in [1.54, 1.807) is 18.2 Å². The largest absolute Gasteiger partial charge is 0.484 e. The van der Waals surface area contributed by atoms with Crippen LogP contribution in [0.25, 0.3) is 0 Å².